The second kappa shape index (κ2) is 6.03. The Bertz CT molecular complexity index is 324. The average molecular weight is 245 g/mol. The molecule has 2 nitrogen and oxygen atoms in total. The Morgan fingerprint density at radius 2 is 2.07 bits per heavy atom. The largest absolute Gasteiger partial charge is 0.469 e. The molecular formula is C11H13ClO2S. The summed E-state index contributed by atoms with van der Waals surface area (Å²) in [7, 11) is 1.41. The summed E-state index contributed by atoms with van der Waals surface area (Å²) in [6.07, 6.45) is 0. The van der Waals surface area contributed by atoms with Crippen molar-refractivity contribution in [3.63, 3.8) is 0 Å². The highest BCUT2D eigenvalue weighted by molar-refractivity contribution is 7.99. The van der Waals surface area contributed by atoms with Gasteiger partial charge in [-0.25, -0.2) is 0 Å². The summed E-state index contributed by atoms with van der Waals surface area (Å²) >= 11 is 7.39. The van der Waals surface area contributed by atoms with Gasteiger partial charge in [-0.2, -0.15) is 0 Å². The maximum atomic E-state index is 11.1. The minimum Gasteiger partial charge on any atom is -0.469 e. The van der Waals surface area contributed by atoms with Crippen LogP contribution in [-0.2, 0) is 9.53 Å². The molecule has 0 saturated carbocycles. The van der Waals surface area contributed by atoms with Crippen LogP contribution in [0.25, 0.3) is 0 Å². The van der Waals surface area contributed by atoms with E-state index in [4.69, 9.17) is 11.6 Å². The molecule has 15 heavy (non-hydrogen) atoms. The van der Waals surface area contributed by atoms with E-state index in [1.807, 2.05) is 31.2 Å². The van der Waals surface area contributed by atoms with Crippen molar-refractivity contribution in [2.75, 3.05) is 12.9 Å². The molecular weight excluding hydrogens is 232 g/mol. The molecule has 1 atom stereocenters. The zero-order chi connectivity index (χ0) is 11.3. The van der Waals surface area contributed by atoms with Crippen LogP contribution in [0, 0.1) is 5.92 Å². The molecule has 0 heterocycles. The van der Waals surface area contributed by atoms with Gasteiger partial charge in [0.2, 0.25) is 0 Å². The monoisotopic (exact) mass is 244 g/mol. The third-order valence-electron chi connectivity index (χ3n) is 1.92. The number of esters is 1. The molecule has 0 amide bonds. The van der Waals surface area contributed by atoms with Crippen molar-refractivity contribution < 1.29 is 9.53 Å². The summed E-state index contributed by atoms with van der Waals surface area (Å²) in [5, 5.41) is 0.723. The minimum absolute atomic E-state index is 0.0873. The minimum atomic E-state index is -0.170. The third kappa shape index (κ3) is 4.14. The van der Waals surface area contributed by atoms with Gasteiger partial charge in [-0.1, -0.05) is 18.5 Å². The van der Waals surface area contributed by atoms with Crippen LogP contribution in [0.2, 0.25) is 5.02 Å². The summed E-state index contributed by atoms with van der Waals surface area (Å²) in [4.78, 5) is 12.2. The summed E-state index contributed by atoms with van der Waals surface area (Å²) < 4.78 is 4.65. The molecule has 0 aromatic heterocycles. The topological polar surface area (TPSA) is 26.3 Å². The highest BCUT2D eigenvalue weighted by atomic mass is 35.5. The Hall–Kier alpha value is -0.670. The number of benzene rings is 1. The van der Waals surface area contributed by atoms with Crippen LogP contribution in [0.4, 0.5) is 0 Å². The molecule has 0 aliphatic carbocycles. The number of carbonyl (C=O) groups is 1. The van der Waals surface area contributed by atoms with Crippen LogP contribution in [0.1, 0.15) is 6.92 Å². The smallest absolute Gasteiger partial charge is 0.309 e. The predicted octanol–water partition coefficient (Wildman–Crippen LogP) is 3.24. The van der Waals surface area contributed by atoms with Crippen molar-refractivity contribution in [2.45, 2.75) is 11.8 Å². The van der Waals surface area contributed by atoms with Gasteiger partial charge in [0.05, 0.1) is 13.0 Å². The molecule has 1 aromatic rings. The van der Waals surface area contributed by atoms with Gasteiger partial charge in [-0.3, -0.25) is 4.79 Å². The van der Waals surface area contributed by atoms with Crippen LogP contribution in [-0.4, -0.2) is 18.8 Å². The van der Waals surface area contributed by atoms with Crippen LogP contribution < -0.4 is 0 Å². The van der Waals surface area contributed by atoms with Gasteiger partial charge in [0.15, 0.2) is 0 Å². The summed E-state index contributed by atoms with van der Waals surface area (Å²) in [6.45, 7) is 1.86. The number of ether oxygens (including phenoxy) is 1. The van der Waals surface area contributed by atoms with Gasteiger partial charge in [0.1, 0.15) is 0 Å². The van der Waals surface area contributed by atoms with E-state index in [1.54, 1.807) is 11.8 Å². The van der Waals surface area contributed by atoms with Crippen molar-refractivity contribution in [1.29, 1.82) is 0 Å². The maximum absolute atomic E-state index is 11.1. The number of hydrogen-bond acceptors (Lipinski definition) is 3. The fraction of sp³-hybridized carbons (Fsp3) is 0.364. The van der Waals surface area contributed by atoms with E-state index < -0.39 is 0 Å². The number of hydrogen-bond donors (Lipinski definition) is 0. The Kier molecular flexibility index (Phi) is 4.99. The number of methoxy groups -OCH3 is 1. The molecule has 0 radical (unpaired) electrons. The van der Waals surface area contributed by atoms with Gasteiger partial charge >= 0.3 is 5.97 Å². The SMILES string of the molecule is COC(=O)[C@H](C)CSc1ccc(Cl)cc1. The van der Waals surface area contributed by atoms with Crippen LogP contribution >= 0.6 is 23.4 Å². The molecule has 0 saturated heterocycles. The molecule has 4 heteroatoms. The van der Waals surface area contributed by atoms with Crippen LogP contribution in [0.15, 0.2) is 29.2 Å². The fourth-order valence-electron chi connectivity index (χ4n) is 1.02. The first-order chi connectivity index (χ1) is 7.13. The van der Waals surface area contributed by atoms with Gasteiger partial charge < -0.3 is 4.74 Å². The molecule has 0 unspecified atom stereocenters. The highest BCUT2D eigenvalue weighted by Crippen LogP contribution is 2.22. The molecule has 0 fully saturated rings. The van der Waals surface area contributed by atoms with Crippen molar-refractivity contribution in [1.82, 2.24) is 0 Å². The van der Waals surface area contributed by atoms with Crippen molar-refractivity contribution in [3.05, 3.63) is 29.3 Å². The number of halogens is 1. The number of carbonyl (C=O) groups excluding carboxylic acids is 1. The molecule has 1 aromatic carbocycles. The highest BCUT2D eigenvalue weighted by Gasteiger charge is 2.12. The van der Waals surface area contributed by atoms with Crippen molar-refractivity contribution in [3.8, 4) is 0 Å². The van der Waals surface area contributed by atoms with E-state index in [1.165, 1.54) is 7.11 Å². The number of thioether (sulfide) groups is 1. The average Bonchev–Trinajstić information content (AvgIpc) is 2.26. The molecule has 0 aliphatic heterocycles. The Morgan fingerprint density at radius 3 is 2.60 bits per heavy atom. The van der Waals surface area contributed by atoms with Gasteiger partial charge in [0, 0.05) is 15.7 Å². The summed E-state index contributed by atoms with van der Waals surface area (Å²) in [5.74, 6) is 0.459. The molecule has 0 N–H and O–H groups in total. The molecule has 1 rings (SSSR count). The lowest BCUT2D eigenvalue weighted by atomic mass is 10.2. The first-order valence-electron chi connectivity index (χ1n) is 4.59. The third-order valence-corrected chi connectivity index (χ3v) is 3.44. The lowest BCUT2D eigenvalue weighted by molar-refractivity contribution is -0.143. The van der Waals surface area contributed by atoms with Gasteiger partial charge in [0.25, 0.3) is 0 Å². The molecule has 0 spiro atoms. The number of rotatable bonds is 4. The van der Waals surface area contributed by atoms with E-state index in [9.17, 15) is 4.79 Å². The van der Waals surface area contributed by atoms with E-state index in [2.05, 4.69) is 4.74 Å². The van der Waals surface area contributed by atoms with Crippen molar-refractivity contribution in [2.24, 2.45) is 5.92 Å². The normalized spacial score (nSPS) is 12.2. The lowest BCUT2D eigenvalue weighted by Crippen LogP contribution is -2.14. The second-order valence-corrected chi connectivity index (χ2v) is 4.72. The first-order valence-corrected chi connectivity index (χ1v) is 5.96. The van der Waals surface area contributed by atoms with Crippen LogP contribution in [0.5, 0.6) is 0 Å². The zero-order valence-corrected chi connectivity index (χ0v) is 10.3. The molecule has 0 aliphatic rings. The zero-order valence-electron chi connectivity index (χ0n) is 8.70. The van der Waals surface area contributed by atoms with E-state index in [-0.39, 0.29) is 11.9 Å². The van der Waals surface area contributed by atoms with Crippen LogP contribution in [0.3, 0.4) is 0 Å². The van der Waals surface area contributed by atoms with Gasteiger partial charge in [-0.05, 0) is 24.3 Å². The predicted molar refractivity (Wildman–Crippen MR) is 63.4 cm³/mol. The maximum Gasteiger partial charge on any atom is 0.309 e. The second-order valence-electron chi connectivity index (χ2n) is 3.19. The Balaban J connectivity index is 2.43. The molecule has 0 bridgehead atoms. The van der Waals surface area contributed by atoms with Crippen molar-refractivity contribution >= 4 is 29.3 Å². The Morgan fingerprint density at radius 1 is 1.47 bits per heavy atom. The fourth-order valence-corrected chi connectivity index (χ4v) is 2.05. The summed E-state index contributed by atoms with van der Waals surface area (Å²) in [5.41, 5.74) is 0. The first kappa shape index (κ1) is 12.4. The summed E-state index contributed by atoms with van der Waals surface area (Å²) in [6, 6.07) is 7.56. The Labute approximate surface area is 99.0 Å². The standard InChI is InChI=1S/C11H13ClO2S/c1-8(11(13)14-2)7-15-10-5-3-9(12)4-6-10/h3-6,8H,7H2,1-2H3/t8-/m1/s1. The quantitative estimate of drug-likeness (QED) is 0.601. The van der Waals surface area contributed by atoms with E-state index in [0.717, 1.165) is 9.92 Å². The lowest BCUT2D eigenvalue weighted by Gasteiger charge is -2.08. The molecule has 82 valence electrons. The van der Waals surface area contributed by atoms with Gasteiger partial charge in [-0.15, -0.1) is 11.8 Å². The van der Waals surface area contributed by atoms with E-state index >= 15 is 0 Å². The van der Waals surface area contributed by atoms with E-state index in [0.29, 0.717) is 5.75 Å².